The Hall–Kier alpha value is -1.95. The molecule has 0 aliphatic carbocycles. The van der Waals surface area contributed by atoms with Gasteiger partial charge in [0.1, 0.15) is 0 Å². The summed E-state index contributed by atoms with van der Waals surface area (Å²) in [4.78, 5) is 14.6. The standard InChI is InChI=1S/C25H37NO3Si/c1-7-26(6)20-21(19-24(27)28-8-2)29-30(25(3,4)5,22-15-11-9-12-16-22)23-17-13-10-14-18-23/h9-18,21H,7-8,19-20H2,1-6H3/t21-/m0/s1. The number of likely N-dealkylation sites (N-methyl/N-ethyl adjacent to an activating group) is 1. The number of ether oxygens (including phenoxy) is 1. The molecular formula is C25H37NO3Si. The minimum Gasteiger partial charge on any atom is -0.466 e. The zero-order valence-electron chi connectivity index (χ0n) is 19.4. The van der Waals surface area contributed by atoms with Crippen LogP contribution in [-0.4, -0.2) is 52.0 Å². The van der Waals surface area contributed by atoms with E-state index in [4.69, 9.17) is 9.16 Å². The Bertz CT molecular complexity index is 734. The summed E-state index contributed by atoms with van der Waals surface area (Å²) in [7, 11) is -0.654. The molecule has 0 aromatic heterocycles. The van der Waals surface area contributed by atoms with Crippen LogP contribution in [0.25, 0.3) is 0 Å². The lowest BCUT2D eigenvalue weighted by Crippen LogP contribution is -2.68. The second-order valence-electron chi connectivity index (χ2n) is 8.77. The van der Waals surface area contributed by atoms with Crippen LogP contribution in [0.15, 0.2) is 60.7 Å². The summed E-state index contributed by atoms with van der Waals surface area (Å²) in [5.74, 6) is -0.204. The van der Waals surface area contributed by atoms with Crippen molar-refractivity contribution < 1.29 is 14.0 Å². The molecule has 0 saturated carbocycles. The Morgan fingerprint density at radius 3 is 1.87 bits per heavy atom. The molecule has 0 bridgehead atoms. The predicted octanol–water partition coefficient (Wildman–Crippen LogP) is 3.84. The first kappa shape index (κ1) is 24.3. The normalized spacial score (nSPS) is 13.3. The number of carbonyl (C=O) groups excluding carboxylic acids is 1. The largest absolute Gasteiger partial charge is 0.466 e. The number of carbonyl (C=O) groups is 1. The fourth-order valence-electron chi connectivity index (χ4n) is 3.97. The molecule has 2 rings (SSSR count). The van der Waals surface area contributed by atoms with Gasteiger partial charge >= 0.3 is 5.97 Å². The molecular weight excluding hydrogens is 390 g/mol. The van der Waals surface area contributed by atoms with E-state index < -0.39 is 8.32 Å². The zero-order valence-corrected chi connectivity index (χ0v) is 20.4. The van der Waals surface area contributed by atoms with Crippen LogP contribution < -0.4 is 10.4 Å². The summed E-state index contributed by atoms with van der Waals surface area (Å²) in [5, 5.41) is 2.31. The molecule has 0 aliphatic heterocycles. The average Bonchev–Trinajstić information content (AvgIpc) is 2.72. The minimum atomic E-state index is -2.72. The van der Waals surface area contributed by atoms with Crippen molar-refractivity contribution in [2.45, 2.75) is 52.2 Å². The van der Waals surface area contributed by atoms with Crippen LogP contribution in [0.3, 0.4) is 0 Å². The van der Waals surface area contributed by atoms with Gasteiger partial charge in [0.2, 0.25) is 0 Å². The lowest BCUT2D eigenvalue weighted by Gasteiger charge is -2.45. The number of hydrogen-bond acceptors (Lipinski definition) is 4. The molecule has 0 N–H and O–H groups in total. The van der Waals surface area contributed by atoms with Crippen molar-refractivity contribution in [2.75, 3.05) is 26.7 Å². The SMILES string of the molecule is CCOC(=O)C[C@@H](CN(C)CC)O[Si](c1ccccc1)(c1ccccc1)C(C)(C)C. The van der Waals surface area contributed by atoms with E-state index in [1.54, 1.807) is 0 Å². The van der Waals surface area contributed by atoms with Gasteiger partial charge in [0.15, 0.2) is 0 Å². The first-order chi connectivity index (χ1) is 14.2. The van der Waals surface area contributed by atoms with Gasteiger partial charge < -0.3 is 14.1 Å². The van der Waals surface area contributed by atoms with E-state index in [9.17, 15) is 4.79 Å². The molecule has 0 amide bonds. The van der Waals surface area contributed by atoms with E-state index in [2.05, 4.69) is 88.2 Å². The maximum atomic E-state index is 12.4. The minimum absolute atomic E-state index is 0.132. The molecule has 0 spiro atoms. The molecule has 4 nitrogen and oxygen atoms in total. The fraction of sp³-hybridized carbons (Fsp3) is 0.480. The quantitative estimate of drug-likeness (QED) is 0.427. The van der Waals surface area contributed by atoms with Gasteiger partial charge in [-0.2, -0.15) is 0 Å². The summed E-state index contributed by atoms with van der Waals surface area (Å²) < 4.78 is 12.4. The van der Waals surface area contributed by atoms with Crippen molar-refractivity contribution in [1.29, 1.82) is 0 Å². The smallest absolute Gasteiger partial charge is 0.308 e. The van der Waals surface area contributed by atoms with Gasteiger partial charge in [0.25, 0.3) is 8.32 Å². The van der Waals surface area contributed by atoms with E-state index in [1.807, 2.05) is 19.1 Å². The molecule has 0 aliphatic rings. The Kier molecular flexibility index (Phi) is 8.83. The zero-order chi connectivity index (χ0) is 22.2. The second-order valence-corrected chi connectivity index (χ2v) is 13.0. The maximum Gasteiger partial charge on any atom is 0.308 e. The van der Waals surface area contributed by atoms with Crippen molar-refractivity contribution >= 4 is 24.7 Å². The molecule has 2 aromatic rings. The molecule has 0 unspecified atom stereocenters. The van der Waals surface area contributed by atoms with E-state index >= 15 is 0 Å². The van der Waals surface area contributed by atoms with Gasteiger partial charge in [0.05, 0.1) is 19.1 Å². The summed E-state index contributed by atoms with van der Waals surface area (Å²) in [5.41, 5.74) is 0. The molecule has 164 valence electrons. The van der Waals surface area contributed by atoms with Crippen molar-refractivity contribution in [3.8, 4) is 0 Å². The Labute approximate surface area is 183 Å². The summed E-state index contributed by atoms with van der Waals surface area (Å²) in [6, 6.07) is 21.1. The van der Waals surface area contributed by atoms with Gasteiger partial charge in [-0.1, -0.05) is 88.4 Å². The lowest BCUT2D eigenvalue weighted by atomic mass is 10.2. The van der Waals surface area contributed by atoms with E-state index in [0.29, 0.717) is 13.2 Å². The summed E-state index contributed by atoms with van der Waals surface area (Å²) in [6.07, 6.45) is 0.00294. The highest BCUT2D eigenvalue weighted by atomic mass is 28.4. The highest BCUT2D eigenvalue weighted by molar-refractivity contribution is 6.99. The number of rotatable bonds is 10. The van der Waals surface area contributed by atoms with Gasteiger partial charge in [-0.15, -0.1) is 0 Å². The van der Waals surface area contributed by atoms with Gasteiger partial charge in [-0.05, 0) is 35.9 Å². The Morgan fingerprint density at radius 1 is 0.967 bits per heavy atom. The monoisotopic (exact) mass is 427 g/mol. The van der Waals surface area contributed by atoms with E-state index in [-0.39, 0.29) is 23.5 Å². The van der Waals surface area contributed by atoms with Crippen LogP contribution in [-0.2, 0) is 14.0 Å². The third-order valence-corrected chi connectivity index (χ3v) is 10.6. The van der Waals surface area contributed by atoms with Crippen LogP contribution in [0.1, 0.15) is 41.0 Å². The topological polar surface area (TPSA) is 38.8 Å². The third-order valence-electron chi connectivity index (χ3n) is 5.52. The number of esters is 1. The molecule has 5 heteroatoms. The Balaban J connectivity index is 2.59. The van der Waals surface area contributed by atoms with Crippen LogP contribution in [0.4, 0.5) is 0 Å². The Morgan fingerprint density at radius 2 is 1.47 bits per heavy atom. The second kappa shape index (κ2) is 10.9. The fourth-order valence-corrected chi connectivity index (χ4v) is 8.64. The predicted molar refractivity (Wildman–Crippen MR) is 127 cm³/mol. The first-order valence-corrected chi connectivity index (χ1v) is 12.8. The van der Waals surface area contributed by atoms with Crippen molar-refractivity contribution in [3.05, 3.63) is 60.7 Å². The first-order valence-electron chi connectivity index (χ1n) is 10.9. The molecule has 0 saturated heterocycles. The summed E-state index contributed by atoms with van der Waals surface area (Å²) >= 11 is 0. The molecule has 1 atom stereocenters. The van der Waals surface area contributed by atoms with Crippen LogP contribution in [0.2, 0.25) is 5.04 Å². The third kappa shape index (κ3) is 5.81. The van der Waals surface area contributed by atoms with E-state index in [0.717, 1.165) is 6.54 Å². The van der Waals surface area contributed by atoms with Crippen molar-refractivity contribution in [2.24, 2.45) is 0 Å². The molecule has 0 heterocycles. The molecule has 0 fully saturated rings. The molecule has 2 aromatic carbocycles. The molecule has 0 radical (unpaired) electrons. The highest BCUT2D eigenvalue weighted by Gasteiger charge is 2.51. The average molecular weight is 428 g/mol. The molecule has 30 heavy (non-hydrogen) atoms. The van der Waals surface area contributed by atoms with Crippen LogP contribution in [0.5, 0.6) is 0 Å². The van der Waals surface area contributed by atoms with E-state index in [1.165, 1.54) is 10.4 Å². The van der Waals surface area contributed by atoms with Crippen LogP contribution >= 0.6 is 0 Å². The summed E-state index contributed by atoms with van der Waals surface area (Å²) in [6.45, 7) is 12.7. The van der Waals surface area contributed by atoms with Crippen LogP contribution in [0, 0.1) is 0 Å². The van der Waals surface area contributed by atoms with Gasteiger partial charge in [0, 0.05) is 6.54 Å². The number of nitrogens with zero attached hydrogens (tertiary/aromatic N) is 1. The van der Waals surface area contributed by atoms with Gasteiger partial charge in [-0.25, -0.2) is 0 Å². The number of hydrogen-bond donors (Lipinski definition) is 0. The lowest BCUT2D eigenvalue weighted by molar-refractivity contribution is -0.145. The highest BCUT2D eigenvalue weighted by Crippen LogP contribution is 2.38. The van der Waals surface area contributed by atoms with Gasteiger partial charge in [-0.3, -0.25) is 4.79 Å². The van der Waals surface area contributed by atoms with Crippen molar-refractivity contribution in [1.82, 2.24) is 4.90 Å². The maximum absolute atomic E-state index is 12.4. The van der Waals surface area contributed by atoms with Crippen molar-refractivity contribution in [3.63, 3.8) is 0 Å². The number of benzene rings is 2.